The molecule has 1 rings (SSSR count). The van der Waals surface area contributed by atoms with E-state index in [9.17, 15) is 4.39 Å². The molecular weight excluding hydrogens is 127 g/mol. The molecule has 1 aliphatic rings. The second-order valence-electron chi connectivity index (χ2n) is 3.77. The summed E-state index contributed by atoms with van der Waals surface area (Å²) in [6.45, 7) is 4.39. The Morgan fingerprint density at radius 2 is 2.00 bits per heavy atom. The van der Waals surface area contributed by atoms with Gasteiger partial charge in [0.05, 0.1) is 0 Å². The molecule has 0 aromatic carbocycles. The Balaban J connectivity index is 2.32. The van der Waals surface area contributed by atoms with E-state index < -0.39 is 6.17 Å². The Bertz CT molecular complexity index is 98.9. The van der Waals surface area contributed by atoms with Crippen molar-refractivity contribution in [1.29, 1.82) is 0 Å². The molecule has 60 valence electrons. The van der Waals surface area contributed by atoms with E-state index in [-0.39, 0.29) is 0 Å². The molecule has 0 aliphatic heterocycles. The Hall–Kier alpha value is -0.0700. The summed E-state index contributed by atoms with van der Waals surface area (Å²) in [6, 6.07) is 0. The van der Waals surface area contributed by atoms with Crippen LogP contribution in [-0.4, -0.2) is 6.17 Å². The van der Waals surface area contributed by atoms with Crippen LogP contribution in [0.1, 0.15) is 39.5 Å². The standard InChI is InChI=1S/C9H17F/c1-7(2)8-4-3-5-9(10)6-8/h7-9H,3-6H2,1-2H3/t8?,9-/m0/s1. The molecule has 0 radical (unpaired) electrons. The molecule has 2 atom stereocenters. The molecule has 1 heteroatoms. The fourth-order valence-electron chi connectivity index (χ4n) is 1.77. The van der Waals surface area contributed by atoms with Crippen molar-refractivity contribution in [3.8, 4) is 0 Å². The molecule has 0 spiro atoms. The molecule has 1 fully saturated rings. The summed E-state index contributed by atoms with van der Waals surface area (Å²) in [5.74, 6) is 1.34. The second-order valence-corrected chi connectivity index (χ2v) is 3.77. The van der Waals surface area contributed by atoms with Crippen LogP contribution in [0.3, 0.4) is 0 Å². The van der Waals surface area contributed by atoms with Crippen LogP contribution in [0.4, 0.5) is 4.39 Å². The molecule has 0 nitrogen and oxygen atoms in total. The molecule has 1 unspecified atom stereocenters. The van der Waals surface area contributed by atoms with E-state index in [4.69, 9.17) is 0 Å². The summed E-state index contributed by atoms with van der Waals surface area (Å²) in [5.41, 5.74) is 0. The van der Waals surface area contributed by atoms with Crippen molar-refractivity contribution in [2.45, 2.75) is 45.7 Å². The smallest absolute Gasteiger partial charge is 0.100 e. The maximum absolute atomic E-state index is 12.8. The van der Waals surface area contributed by atoms with Gasteiger partial charge in [0.2, 0.25) is 0 Å². The Morgan fingerprint density at radius 3 is 2.40 bits per heavy atom. The van der Waals surface area contributed by atoms with Crippen molar-refractivity contribution in [3.63, 3.8) is 0 Å². The third-order valence-corrected chi connectivity index (χ3v) is 2.59. The highest BCUT2D eigenvalue weighted by Gasteiger charge is 2.23. The van der Waals surface area contributed by atoms with E-state index in [1.807, 2.05) is 0 Å². The minimum atomic E-state index is -0.499. The molecule has 0 aromatic rings. The maximum Gasteiger partial charge on any atom is 0.100 e. The molecular formula is C9H17F. The Labute approximate surface area is 62.8 Å². The summed E-state index contributed by atoms with van der Waals surface area (Å²) < 4.78 is 12.8. The first kappa shape index (κ1) is 8.03. The number of hydrogen-bond acceptors (Lipinski definition) is 0. The fraction of sp³-hybridized carbons (Fsp3) is 1.00. The number of rotatable bonds is 1. The van der Waals surface area contributed by atoms with Gasteiger partial charge in [-0.2, -0.15) is 0 Å². The van der Waals surface area contributed by atoms with E-state index in [0.29, 0.717) is 11.8 Å². The summed E-state index contributed by atoms with van der Waals surface area (Å²) in [6.07, 6.45) is 3.48. The maximum atomic E-state index is 12.8. The van der Waals surface area contributed by atoms with Crippen molar-refractivity contribution in [3.05, 3.63) is 0 Å². The molecule has 10 heavy (non-hydrogen) atoms. The van der Waals surface area contributed by atoms with Gasteiger partial charge < -0.3 is 0 Å². The molecule has 1 aliphatic carbocycles. The van der Waals surface area contributed by atoms with Gasteiger partial charge in [-0.3, -0.25) is 0 Å². The van der Waals surface area contributed by atoms with Crippen LogP contribution in [0.25, 0.3) is 0 Å². The molecule has 1 saturated carbocycles. The van der Waals surface area contributed by atoms with Gasteiger partial charge in [0.25, 0.3) is 0 Å². The second kappa shape index (κ2) is 3.36. The van der Waals surface area contributed by atoms with Crippen molar-refractivity contribution in [2.75, 3.05) is 0 Å². The van der Waals surface area contributed by atoms with Gasteiger partial charge in [0.1, 0.15) is 6.17 Å². The lowest BCUT2D eigenvalue weighted by Crippen LogP contribution is -2.20. The predicted octanol–water partition coefficient (Wildman–Crippen LogP) is 3.17. The average Bonchev–Trinajstić information content (AvgIpc) is 1.88. The Kier molecular flexibility index (Phi) is 2.70. The van der Waals surface area contributed by atoms with Gasteiger partial charge in [0, 0.05) is 0 Å². The highest BCUT2D eigenvalue weighted by atomic mass is 19.1. The predicted molar refractivity (Wildman–Crippen MR) is 41.7 cm³/mol. The lowest BCUT2D eigenvalue weighted by atomic mass is 9.81. The first-order chi connectivity index (χ1) is 4.70. The number of alkyl halides is 1. The molecule has 0 heterocycles. The molecule has 0 aromatic heterocycles. The van der Waals surface area contributed by atoms with E-state index in [1.54, 1.807) is 0 Å². The Morgan fingerprint density at radius 1 is 1.30 bits per heavy atom. The summed E-state index contributed by atoms with van der Waals surface area (Å²) >= 11 is 0. The zero-order valence-electron chi connectivity index (χ0n) is 6.94. The molecule has 0 saturated heterocycles. The summed E-state index contributed by atoms with van der Waals surface area (Å²) in [7, 11) is 0. The van der Waals surface area contributed by atoms with Crippen LogP contribution in [0.15, 0.2) is 0 Å². The van der Waals surface area contributed by atoms with Gasteiger partial charge in [0.15, 0.2) is 0 Å². The minimum Gasteiger partial charge on any atom is -0.247 e. The van der Waals surface area contributed by atoms with Crippen LogP contribution >= 0.6 is 0 Å². The van der Waals surface area contributed by atoms with E-state index in [1.165, 1.54) is 6.42 Å². The zero-order valence-corrected chi connectivity index (χ0v) is 6.94. The lowest BCUT2D eigenvalue weighted by Gasteiger charge is -2.27. The van der Waals surface area contributed by atoms with Crippen molar-refractivity contribution in [1.82, 2.24) is 0 Å². The highest BCUT2D eigenvalue weighted by Crippen LogP contribution is 2.31. The summed E-state index contributed by atoms with van der Waals surface area (Å²) in [4.78, 5) is 0. The van der Waals surface area contributed by atoms with Crippen LogP contribution in [0.5, 0.6) is 0 Å². The molecule has 0 amide bonds. The van der Waals surface area contributed by atoms with Crippen LogP contribution in [0, 0.1) is 11.8 Å². The largest absolute Gasteiger partial charge is 0.247 e. The van der Waals surface area contributed by atoms with Gasteiger partial charge in [-0.25, -0.2) is 4.39 Å². The monoisotopic (exact) mass is 144 g/mol. The van der Waals surface area contributed by atoms with E-state index in [0.717, 1.165) is 19.3 Å². The fourth-order valence-corrected chi connectivity index (χ4v) is 1.77. The normalized spacial score (nSPS) is 34.8. The van der Waals surface area contributed by atoms with E-state index in [2.05, 4.69) is 13.8 Å². The van der Waals surface area contributed by atoms with Gasteiger partial charge in [-0.15, -0.1) is 0 Å². The van der Waals surface area contributed by atoms with Gasteiger partial charge in [-0.1, -0.05) is 20.3 Å². The lowest BCUT2D eigenvalue weighted by molar-refractivity contribution is 0.167. The van der Waals surface area contributed by atoms with Gasteiger partial charge in [-0.05, 0) is 31.1 Å². The average molecular weight is 144 g/mol. The quantitative estimate of drug-likeness (QED) is 0.530. The minimum absolute atomic E-state index is 0.499. The SMILES string of the molecule is CC(C)C1CCC[C@H](F)C1. The third-order valence-electron chi connectivity index (χ3n) is 2.59. The van der Waals surface area contributed by atoms with Crippen LogP contribution < -0.4 is 0 Å². The number of hydrogen-bond donors (Lipinski definition) is 0. The van der Waals surface area contributed by atoms with Crippen molar-refractivity contribution >= 4 is 0 Å². The highest BCUT2D eigenvalue weighted by molar-refractivity contribution is 4.74. The topological polar surface area (TPSA) is 0 Å². The molecule has 0 N–H and O–H groups in total. The first-order valence-electron chi connectivity index (χ1n) is 4.34. The molecule has 0 bridgehead atoms. The third kappa shape index (κ3) is 1.96. The zero-order chi connectivity index (χ0) is 7.56. The van der Waals surface area contributed by atoms with Crippen molar-refractivity contribution < 1.29 is 4.39 Å². The summed E-state index contributed by atoms with van der Waals surface area (Å²) in [5, 5.41) is 0. The van der Waals surface area contributed by atoms with Crippen LogP contribution in [0.2, 0.25) is 0 Å². The number of halogens is 1. The van der Waals surface area contributed by atoms with Gasteiger partial charge >= 0.3 is 0 Å². The first-order valence-corrected chi connectivity index (χ1v) is 4.34. The van der Waals surface area contributed by atoms with Crippen LogP contribution in [-0.2, 0) is 0 Å². The van der Waals surface area contributed by atoms with Crippen molar-refractivity contribution in [2.24, 2.45) is 11.8 Å². The van der Waals surface area contributed by atoms with E-state index >= 15 is 0 Å².